The number of H-pyrrole nitrogens is 1. The molecule has 0 amide bonds. The highest BCUT2D eigenvalue weighted by molar-refractivity contribution is 5.71. The maximum absolute atomic E-state index is 11.6. The van der Waals surface area contributed by atoms with E-state index in [9.17, 15) is 4.79 Å². The highest BCUT2D eigenvalue weighted by Gasteiger charge is 2.10. The van der Waals surface area contributed by atoms with E-state index in [0.717, 1.165) is 0 Å². The summed E-state index contributed by atoms with van der Waals surface area (Å²) in [5.74, 6) is 1.06. The van der Waals surface area contributed by atoms with Crippen LogP contribution in [-0.2, 0) is 11.3 Å². The van der Waals surface area contributed by atoms with Gasteiger partial charge in [0.1, 0.15) is 18.2 Å². The van der Waals surface area contributed by atoms with Crippen LogP contribution in [-0.4, -0.2) is 24.2 Å². The van der Waals surface area contributed by atoms with Crippen molar-refractivity contribution < 1.29 is 9.47 Å². The van der Waals surface area contributed by atoms with Crippen LogP contribution in [0.5, 0.6) is 5.75 Å². The van der Waals surface area contributed by atoms with Crippen LogP contribution in [0.2, 0.25) is 0 Å². The zero-order valence-corrected chi connectivity index (χ0v) is 10.8. The second-order valence-electron chi connectivity index (χ2n) is 3.97. The van der Waals surface area contributed by atoms with E-state index in [0.29, 0.717) is 28.5 Å². The Morgan fingerprint density at radius 3 is 2.79 bits per heavy atom. The molecule has 0 saturated heterocycles. The Kier molecular flexibility index (Phi) is 3.82. The standard InChI is InChI=1S/C13H15N3O3/c1-18-7-12-15-10(6-13(17)16-12)9-5-8(14)3-4-11(9)19-2/h3-6H,7,14H2,1-2H3,(H,15,16,17). The van der Waals surface area contributed by atoms with E-state index in [1.807, 2.05) is 0 Å². The summed E-state index contributed by atoms with van der Waals surface area (Å²) in [4.78, 5) is 18.6. The summed E-state index contributed by atoms with van der Waals surface area (Å²) in [7, 11) is 3.09. The van der Waals surface area contributed by atoms with Crippen LogP contribution < -0.4 is 16.0 Å². The number of aromatic amines is 1. The molecule has 2 rings (SSSR count). The Morgan fingerprint density at radius 2 is 2.11 bits per heavy atom. The number of hydrogen-bond donors (Lipinski definition) is 2. The second kappa shape index (κ2) is 5.53. The van der Waals surface area contributed by atoms with Gasteiger partial charge in [-0.1, -0.05) is 0 Å². The minimum atomic E-state index is -0.249. The van der Waals surface area contributed by atoms with Crippen molar-refractivity contribution in [2.75, 3.05) is 20.0 Å². The molecule has 0 fully saturated rings. The molecule has 2 aromatic rings. The molecule has 1 heterocycles. The number of nitrogens with zero attached hydrogens (tertiary/aromatic N) is 1. The molecule has 0 unspecified atom stereocenters. The largest absolute Gasteiger partial charge is 0.496 e. The molecule has 19 heavy (non-hydrogen) atoms. The van der Waals surface area contributed by atoms with Crippen molar-refractivity contribution in [3.8, 4) is 17.0 Å². The van der Waals surface area contributed by atoms with Gasteiger partial charge in [-0.05, 0) is 18.2 Å². The zero-order valence-electron chi connectivity index (χ0n) is 10.8. The van der Waals surface area contributed by atoms with Crippen LogP contribution >= 0.6 is 0 Å². The molecule has 1 aromatic heterocycles. The summed E-state index contributed by atoms with van der Waals surface area (Å²) in [6, 6.07) is 6.59. The lowest BCUT2D eigenvalue weighted by Crippen LogP contribution is -2.12. The number of nitrogens with one attached hydrogen (secondary N) is 1. The lowest BCUT2D eigenvalue weighted by atomic mass is 10.1. The average Bonchev–Trinajstić information content (AvgIpc) is 2.38. The molecule has 0 radical (unpaired) electrons. The Balaban J connectivity index is 2.57. The first-order valence-corrected chi connectivity index (χ1v) is 5.67. The third-order valence-electron chi connectivity index (χ3n) is 2.57. The fourth-order valence-corrected chi connectivity index (χ4v) is 1.78. The highest BCUT2D eigenvalue weighted by atomic mass is 16.5. The number of nitrogen functional groups attached to an aromatic ring is 1. The number of methoxy groups -OCH3 is 2. The fourth-order valence-electron chi connectivity index (χ4n) is 1.78. The van der Waals surface area contributed by atoms with Crippen molar-refractivity contribution in [1.29, 1.82) is 0 Å². The van der Waals surface area contributed by atoms with Gasteiger partial charge in [0.05, 0.1) is 12.8 Å². The first-order chi connectivity index (χ1) is 9.13. The summed E-state index contributed by atoms with van der Waals surface area (Å²) in [5.41, 5.74) is 7.26. The van der Waals surface area contributed by atoms with Crippen LogP contribution in [0.15, 0.2) is 29.1 Å². The molecule has 0 bridgehead atoms. The van der Waals surface area contributed by atoms with E-state index in [-0.39, 0.29) is 12.2 Å². The molecule has 100 valence electrons. The topological polar surface area (TPSA) is 90.2 Å². The van der Waals surface area contributed by atoms with Crippen LogP contribution in [0.4, 0.5) is 5.69 Å². The van der Waals surface area contributed by atoms with Gasteiger partial charge >= 0.3 is 0 Å². The zero-order chi connectivity index (χ0) is 13.8. The van der Waals surface area contributed by atoms with Crippen LogP contribution in [0.1, 0.15) is 5.82 Å². The van der Waals surface area contributed by atoms with Crippen molar-refractivity contribution >= 4 is 5.69 Å². The SMILES string of the molecule is COCc1nc(-c2cc(N)ccc2OC)cc(=O)[nH]1. The van der Waals surface area contributed by atoms with Gasteiger partial charge in [0.25, 0.3) is 5.56 Å². The van der Waals surface area contributed by atoms with Gasteiger partial charge in [0.2, 0.25) is 0 Å². The minimum Gasteiger partial charge on any atom is -0.496 e. The van der Waals surface area contributed by atoms with E-state index < -0.39 is 0 Å². The molecule has 0 aliphatic carbocycles. The van der Waals surface area contributed by atoms with Gasteiger partial charge in [-0.15, -0.1) is 0 Å². The second-order valence-corrected chi connectivity index (χ2v) is 3.97. The molecule has 1 aromatic carbocycles. The van der Waals surface area contributed by atoms with Gasteiger partial charge in [-0.3, -0.25) is 4.79 Å². The molecule has 0 aliphatic heterocycles. The summed E-state index contributed by atoms with van der Waals surface area (Å²) >= 11 is 0. The predicted molar refractivity (Wildman–Crippen MR) is 72.0 cm³/mol. The lowest BCUT2D eigenvalue weighted by Gasteiger charge is -2.09. The van der Waals surface area contributed by atoms with Crippen molar-refractivity contribution in [2.45, 2.75) is 6.61 Å². The highest BCUT2D eigenvalue weighted by Crippen LogP contribution is 2.29. The quantitative estimate of drug-likeness (QED) is 0.806. The van der Waals surface area contributed by atoms with Gasteiger partial charge in [-0.25, -0.2) is 4.98 Å². The maximum Gasteiger partial charge on any atom is 0.251 e. The predicted octanol–water partition coefficient (Wildman–Crippen LogP) is 1.17. The molecule has 6 nitrogen and oxygen atoms in total. The summed E-state index contributed by atoms with van der Waals surface area (Å²) < 4.78 is 10.2. The monoisotopic (exact) mass is 261 g/mol. The smallest absolute Gasteiger partial charge is 0.251 e. The molecule has 0 aliphatic rings. The molecule has 0 saturated carbocycles. The molecular weight excluding hydrogens is 246 g/mol. The molecule has 0 atom stereocenters. The van der Waals surface area contributed by atoms with Crippen molar-refractivity contribution in [2.24, 2.45) is 0 Å². The van der Waals surface area contributed by atoms with Crippen LogP contribution in [0.3, 0.4) is 0 Å². The van der Waals surface area contributed by atoms with E-state index in [1.165, 1.54) is 13.2 Å². The number of aromatic nitrogens is 2. The number of ether oxygens (including phenoxy) is 2. The Hall–Kier alpha value is -2.34. The van der Waals surface area contributed by atoms with Crippen molar-refractivity contribution in [1.82, 2.24) is 9.97 Å². The number of hydrogen-bond acceptors (Lipinski definition) is 5. The molecule has 6 heteroatoms. The fraction of sp³-hybridized carbons (Fsp3) is 0.231. The van der Waals surface area contributed by atoms with Crippen LogP contribution in [0, 0.1) is 0 Å². The lowest BCUT2D eigenvalue weighted by molar-refractivity contribution is 0.177. The first kappa shape index (κ1) is 13.1. The van der Waals surface area contributed by atoms with Crippen molar-refractivity contribution in [3.63, 3.8) is 0 Å². The normalized spacial score (nSPS) is 10.4. The van der Waals surface area contributed by atoms with Gasteiger partial charge in [0.15, 0.2) is 0 Å². The van der Waals surface area contributed by atoms with E-state index >= 15 is 0 Å². The van der Waals surface area contributed by atoms with Gasteiger partial charge in [-0.2, -0.15) is 0 Å². The molecule has 0 spiro atoms. The average molecular weight is 261 g/mol. The first-order valence-electron chi connectivity index (χ1n) is 5.67. The minimum absolute atomic E-state index is 0.230. The Morgan fingerprint density at radius 1 is 1.32 bits per heavy atom. The summed E-state index contributed by atoms with van der Waals surface area (Å²) in [6.45, 7) is 0.230. The van der Waals surface area contributed by atoms with Gasteiger partial charge < -0.3 is 20.2 Å². The number of rotatable bonds is 4. The van der Waals surface area contributed by atoms with E-state index in [4.69, 9.17) is 15.2 Å². The summed E-state index contributed by atoms with van der Waals surface area (Å²) in [6.07, 6.45) is 0. The Bertz CT molecular complexity index is 637. The van der Waals surface area contributed by atoms with E-state index in [2.05, 4.69) is 9.97 Å². The third kappa shape index (κ3) is 2.92. The number of anilines is 1. The number of benzene rings is 1. The molecular formula is C13H15N3O3. The van der Waals surface area contributed by atoms with Crippen molar-refractivity contribution in [3.05, 3.63) is 40.4 Å². The third-order valence-corrected chi connectivity index (χ3v) is 2.57. The van der Waals surface area contributed by atoms with Crippen LogP contribution in [0.25, 0.3) is 11.3 Å². The number of nitrogens with two attached hydrogens (primary N) is 1. The summed E-state index contributed by atoms with van der Waals surface area (Å²) in [5, 5.41) is 0. The molecule has 3 N–H and O–H groups in total. The van der Waals surface area contributed by atoms with E-state index in [1.54, 1.807) is 25.3 Å². The Labute approximate surface area is 110 Å². The maximum atomic E-state index is 11.6. The van der Waals surface area contributed by atoms with Gasteiger partial charge in [0, 0.05) is 24.4 Å².